The van der Waals surface area contributed by atoms with Crippen molar-refractivity contribution in [1.29, 1.82) is 0 Å². The van der Waals surface area contributed by atoms with Crippen LogP contribution < -0.4 is 9.62 Å². The molecule has 0 aromatic heterocycles. The Balaban J connectivity index is 2.40. The Labute approximate surface area is 204 Å². The average molecular weight is 488 g/mol. The maximum absolute atomic E-state index is 13.6. The third-order valence-electron chi connectivity index (χ3n) is 5.85. The quantitative estimate of drug-likeness (QED) is 0.555. The average Bonchev–Trinajstić information content (AvgIpc) is 2.76. The number of amides is 2. The number of carbonyl (C=O) groups is 2. The molecule has 34 heavy (non-hydrogen) atoms. The minimum atomic E-state index is -3.75. The normalized spacial score (nSPS) is 12.4. The van der Waals surface area contributed by atoms with Gasteiger partial charge in [-0.1, -0.05) is 55.8 Å². The molecule has 2 amide bonds. The summed E-state index contributed by atoms with van der Waals surface area (Å²) in [5.74, 6) is -0.451. The number of carbonyl (C=O) groups excluding carboxylic acids is 2. The van der Waals surface area contributed by atoms with Crippen molar-refractivity contribution >= 4 is 27.5 Å². The molecule has 2 rings (SSSR count). The molecule has 8 heteroatoms. The second-order valence-corrected chi connectivity index (χ2v) is 11.2. The molecule has 0 fully saturated rings. The molecule has 0 bridgehead atoms. The molecular formula is C26H37N3O4S. The summed E-state index contributed by atoms with van der Waals surface area (Å²) < 4.78 is 26.5. The lowest BCUT2D eigenvalue weighted by Gasteiger charge is -2.32. The van der Waals surface area contributed by atoms with Gasteiger partial charge in [-0.05, 0) is 56.4 Å². The highest BCUT2D eigenvalue weighted by molar-refractivity contribution is 7.92. The highest BCUT2D eigenvalue weighted by Crippen LogP contribution is 2.25. The zero-order valence-electron chi connectivity index (χ0n) is 21.3. The molecule has 0 aliphatic rings. The van der Waals surface area contributed by atoms with Gasteiger partial charge >= 0.3 is 0 Å². The fraction of sp³-hybridized carbons (Fsp3) is 0.462. The summed E-state index contributed by atoms with van der Waals surface area (Å²) in [6.45, 7) is 11.7. The molecule has 1 atom stereocenters. The fourth-order valence-corrected chi connectivity index (χ4v) is 4.43. The summed E-state index contributed by atoms with van der Waals surface area (Å²) >= 11 is 0. The Bertz CT molecular complexity index is 1110. The number of sulfonamides is 1. The Kier molecular flexibility index (Phi) is 9.27. The van der Waals surface area contributed by atoms with E-state index in [9.17, 15) is 18.0 Å². The molecular weight excluding hydrogens is 450 g/mol. The van der Waals surface area contributed by atoms with Gasteiger partial charge in [0, 0.05) is 13.1 Å². The molecule has 7 nitrogen and oxygen atoms in total. The minimum absolute atomic E-state index is 0.194. The Morgan fingerprint density at radius 2 is 1.59 bits per heavy atom. The third-order valence-corrected chi connectivity index (χ3v) is 6.98. The van der Waals surface area contributed by atoms with Crippen LogP contribution in [0.4, 0.5) is 5.69 Å². The number of rotatable bonds is 10. The maximum Gasteiger partial charge on any atom is 0.244 e. The first kappa shape index (κ1) is 27.4. The van der Waals surface area contributed by atoms with E-state index in [1.54, 1.807) is 19.1 Å². The molecule has 2 aromatic carbocycles. The van der Waals surface area contributed by atoms with Crippen LogP contribution in [0.2, 0.25) is 0 Å². The molecule has 0 aliphatic heterocycles. The first-order valence-electron chi connectivity index (χ1n) is 11.5. The lowest BCUT2D eigenvalue weighted by molar-refractivity contribution is -0.139. The van der Waals surface area contributed by atoms with Crippen LogP contribution in [0.5, 0.6) is 0 Å². The van der Waals surface area contributed by atoms with Crippen LogP contribution in [0.25, 0.3) is 0 Å². The second-order valence-electron chi connectivity index (χ2n) is 9.31. The van der Waals surface area contributed by atoms with Gasteiger partial charge in [-0.15, -0.1) is 0 Å². The van der Waals surface area contributed by atoms with Gasteiger partial charge in [0.05, 0.1) is 11.9 Å². The molecule has 0 spiro atoms. The first-order valence-corrected chi connectivity index (χ1v) is 13.3. The summed E-state index contributed by atoms with van der Waals surface area (Å²) in [7, 11) is -3.75. The monoisotopic (exact) mass is 487 g/mol. The van der Waals surface area contributed by atoms with Gasteiger partial charge < -0.3 is 10.2 Å². The van der Waals surface area contributed by atoms with Crippen LogP contribution in [-0.4, -0.2) is 50.5 Å². The second kappa shape index (κ2) is 11.5. The number of hydrogen-bond acceptors (Lipinski definition) is 4. The maximum atomic E-state index is 13.6. The van der Waals surface area contributed by atoms with E-state index in [1.165, 1.54) is 4.90 Å². The zero-order valence-corrected chi connectivity index (χ0v) is 22.1. The lowest BCUT2D eigenvalue weighted by Crippen LogP contribution is -2.51. The van der Waals surface area contributed by atoms with E-state index in [0.29, 0.717) is 12.2 Å². The molecule has 0 aliphatic carbocycles. The van der Waals surface area contributed by atoms with Gasteiger partial charge in [0.1, 0.15) is 12.6 Å². The van der Waals surface area contributed by atoms with Crippen molar-refractivity contribution in [3.05, 3.63) is 64.7 Å². The number of benzene rings is 2. The van der Waals surface area contributed by atoms with Gasteiger partial charge in [-0.25, -0.2) is 8.42 Å². The molecule has 0 radical (unpaired) electrons. The van der Waals surface area contributed by atoms with Crippen molar-refractivity contribution < 1.29 is 18.0 Å². The molecule has 1 N–H and O–H groups in total. The van der Waals surface area contributed by atoms with Crippen LogP contribution in [0.15, 0.2) is 42.5 Å². The molecule has 0 saturated heterocycles. The lowest BCUT2D eigenvalue weighted by atomic mass is 10.1. The fourth-order valence-electron chi connectivity index (χ4n) is 3.53. The molecule has 2 aromatic rings. The SMILES string of the molecule is Cc1ccc(CN(C(=O)CN(c2cccc(C)c2C)S(C)(=O)=O)[C@@H](C)C(=O)NCC(C)C)cc1. The van der Waals surface area contributed by atoms with Crippen molar-refractivity contribution in [1.82, 2.24) is 10.2 Å². The predicted octanol–water partition coefficient (Wildman–Crippen LogP) is 3.57. The molecule has 186 valence electrons. The van der Waals surface area contributed by atoms with E-state index in [1.807, 2.05) is 65.0 Å². The summed E-state index contributed by atoms with van der Waals surface area (Å²) in [6.07, 6.45) is 1.09. The standard InChI is InChI=1S/C26H37N3O4S/c1-18(2)15-27-26(31)22(6)28(16-23-13-11-19(3)12-14-23)25(30)17-29(34(7,32)33)24-10-8-9-20(4)21(24)5/h8-14,18,22H,15-17H2,1-7H3,(H,27,31)/t22-/m0/s1. The number of nitrogens with zero attached hydrogens (tertiary/aromatic N) is 2. The number of nitrogens with one attached hydrogen (secondary N) is 1. The number of anilines is 1. The first-order chi connectivity index (χ1) is 15.8. The van der Waals surface area contributed by atoms with Crippen molar-refractivity contribution in [2.45, 2.75) is 54.1 Å². The van der Waals surface area contributed by atoms with E-state index in [2.05, 4.69) is 5.32 Å². The molecule has 0 saturated carbocycles. The Morgan fingerprint density at radius 3 is 2.15 bits per heavy atom. The highest BCUT2D eigenvalue weighted by Gasteiger charge is 2.30. The minimum Gasteiger partial charge on any atom is -0.354 e. The van der Waals surface area contributed by atoms with Crippen LogP contribution in [0, 0.1) is 26.7 Å². The van der Waals surface area contributed by atoms with Gasteiger partial charge in [0.15, 0.2) is 0 Å². The van der Waals surface area contributed by atoms with Crippen molar-refractivity contribution in [2.75, 3.05) is 23.7 Å². The Hall–Kier alpha value is -2.87. The van der Waals surface area contributed by atoms with Gasteiger partial charge in [0.25, 0.3) is 0 Å². The highest BCUT2D eigenvalue weighted by atomic mass is 32.2. The van der Waals surface area contributed by atoms with Gasteiger partial charge in [-0.3, -0.25) is 13.9 Å². The van der Waals surface area contributed by atoms with Crippen LogP contribution in [0.1, 0.15) is 43.0 Å². The van der Waals surface area contributed by atoms with Crippen LogP contribution in [-0.2, 0) is 26.2 Å². The summed E-state index contributed by atoms with van der Waals surface area (Å²) in [5.41, 5.74) is 4.12. The van der Waals surface area contributed by atoms with E-state index < -0.39 is 28.5 Å². The molecule has 0 heterocycles. The van der Waals surface area contributed by atoms with E-state index in [-0.39, 0.29) is 18.4 Å². The topological polar surface area (TPSA) is 86.8 Å². The van der Waals surface area contributed by atoms with E-state index in [4.69, 9.17) is 0 Å². The van der Waals surface area contributed by atoms with Crippen molar-refractivity contribution in [3.8, 4) is 0 Å². The van der Waals surface area contributed by atoms with Crippen molar-refractivity contribution in [2.24, 2.45) is 5.92 Å². The van der Waals surface area contributed by atoms with Gasteiger partial charge in [0.2, 0.25) is 21.8 Å². The van der Waals surface area contributed by atoms with Crippen LogP contribution >= 0.6 is 0 Å². The van der Waals surface area contributed by atoms with E-state index >= 15 is 0 Å². The summed E-state index contributed by atoms with van der Waals surface area (Å²) in [5, 5.41) is 2.88. The summed E-state index contributed by atoms with van der Waals surface area (Å²) in [6, 6.07) is 12.3. The predicted molar refractivity (Wildman–Crippen MR) is 137 cm³/mol. The van der Waals surface area contributed by atoms with Crippen LogP contribution in [0.3, 0.4) is 0 Å². The molecule has 0 unspecified atom stereocenters. The third kappa shape index (κ3) is 7.32. The smallest absolute Gasteiger partial charge is 0.244 e. The Morgan fingerprint density at radius 1 is 0.971 bits per heavy atom. The van der Waals surface area contributed by atoms with Gasteiger partial charge in [-0.2, -0.15) is 0 Å². The summed E-state index contributed by atoms with van der Waals surface area (Å²) in [4.78, 5) is 27.9. The van der Waals surface area contributed by atoms with Crippen molar-refractivity contribution in [3.63, 3.8) is 0 Å². The van der Waals surface area contributed by atoms with E-state index in [0.717, 1.165) is 32.8 Å². The number of aryl methyl sites for hydroxylation is 2. The zero-order chi connectivity index (χ0) is 25.6. The number of hydrogen-bond donors (Lipinski definition) is 1. The largest absolute Gasteiger partial charge is 0.354 e.